The molecule has 0 saturated carbocycles. The molecule has 340 valence electrons. The van der Waals surface area contributed by atoms with Crippen LogP contribution in [0.15, 0.2) is 0 Å². The normalized spacial score (nSPS) is 13.4. The zero-order valence-corrected chi connectivity index (χ0v) is 36.7. The Labute approximate surface area is 351 Å². The number of nitrogens with zero attached hydrogens (tertiary/aromatic N) is 2. The van der Waals surface area contributed by atoms with E-state index >= 15 is 0 Å². The summed E-state index contributed by atoms with van der Waals surface area (Å²) in [5, 5.41) is 11.6. The monoisotopic (exact) mass is 830 g/mol. The number of aliphatic carboxylic acids is 1. The van der Waals surface area contributed by atoms with Gasteiger partial charge in [-0.05, 0) is 12.8 Å². The van der Waals surface area contributed by atoms with Crippen molar-refractivity contribution >= 4 is 23.6 Å². The summed E-state index contributed by atoms with van der Waals surface area (Å²) in [6.45, 7) is 12.9. The first-order valence-electron chi connectivity index (χ1n) is 22.8. The molecular formula is C44H83N3O11. The lowest BCUT2D eigenvalue weighted by Crippen LogP contribution is -2.51. The highest BCUT2D eigenvalue weighted by Crippen LogP contribution is 2.15. The summed E-state index contributed by atoms with van der Waals surface area (Å²) in [6, 6.07) is 0. The highest BCUT2D eigenvalue weighted by molar-refractivity contribution is 5.80. The van der Waals surface area contributed by atoms with Gasteiger partial charge in [-0.1, -0.05) is 104 Å². The molecule has 1 fully saturated rings. The predicted octanol–water partition coefficient (Wildman–Crippen LogP) is 6.07. The zero-order valence-electron chi connectivity index (χ0n) is 36.7. The molecule has 0 aliphatic carbocycles. The molecule has 0 aromatic carbocycles. The second-order valence-corrected chi connectivity index (χ2v) is 15.6. The van der Waals surface area contributed by atoms with Gasteiger partial charge in [0.1, 0.15) is 5.78 Å². The molecule has 0 spiro atoms. The van der Waals surface area contributed by atoms with E-state index in [1.165, 1.54) is 77.0 Å². The second-order valence-electron chi connectivity index (χ2n) is 15.6. The van der Waals surface area contributed by atoms with Crippen molar-refractivity contribution < 1.29 is 52.7 Å². The standard InChI is InChI=1S/C44H83N3O11/c1-40(2)41(48)21-27-53-29-31-55-33-35-57-37-38-58-36-34-56-32-30-54-28-22-45-42(49)39-46-23-25-47(26-24-46)43(50)19-17-15-13-11-9-7-5-3-4-6-8-10-12-14-16-18-20-44(51)52/h40H,3-39H2,1-2H3,(H,45,49)(H,51,52). The number of nitrogens with one attached hydrogen (secondary N) is 1. The van der Waals surface area contributed by atoms with Crippen molar-refractivity contribution in [2.24, 2.45) is 5.92 Å². The Morgan fingerprint density at radius 2 is 0.845 bits per heavy atom. The van der Waals surface area contributed by atoms with E-state index in [1.807, 2.05) is 18.7 Å². The first kappa shape index (κ1) is 53.8. The fourth-order valence-electron chi connectivity index (χ4n) is 6.53. The van der Waals surface area contributed by atoms with Gasteiger partial charge in [0.05, 0.1) is 85.8 Å². The minimum atomic E-state index is -0.680. The van der Waals surface area contributed by atoms with Crippen LogP contribution < -0.4 is 5.32 Å². The van der Waals surface area contributed by atoms with E-state index in [0.29, 0.717) is 125 Å². The van der Waals surface area contributed by atoms with E-state index in [4.69, 9.17) is 33.5 Å². The second kappa shape index (κ2) is 40.2. The average molecular weight is 830 g/mol. The van der Waals surface area contributed by atoms with Gasteiger partial charge in [-0.3, -0.25) is 24.1 Å². The Balaban J connectivity index is 1.80. The number of unbranched alkanes of at least 4 members (excludes halogenated alkanes) is 15. The van der Waals surface area contributed by atoms with E-state index < -0.39 is 5.97 Å². The van der Waals surface area contributed by atoms with Crippen LogP contribution in [0.1, 0.15) is 136 Å². The van der Waals surface area contributed by atoms with Crippen molar-refractivity contribution in [1.29, 1.82) is 0 Å². The van der Waals surface area contributed by atoms with Crippen LogP contribution in [-0.2, 0) is 47.6 Å². The lowest BCUT2D eigenvalue weighted by atomic mass is 10.0. The van der Waals surface area contributed by atoms with E-state index in [1.54, 1.807) is 0 Å². The summed E-state index contributed by atoms with van der Waals surface area (Å²) in [5.41, 5.74) is 0. The van der Waals surface area contributed by atoms with Crippen molar-refractivity contribution in [3.63, 3.8) is 0 Å². The van der Waals surface area contributed by atoms with E-state index in [0.717, 1.165) is 38.8 Å². The summed E-state index contributed by atoms with van der Waals surface area (Å²) in [5.74, 6) is -0.202. The molecule has 0 atom stereocenters. The molecule has 1 aliphatic heterocycles. The lowest BCUT2D eigenvalue weighted by molar-refractivity contribution is -0.137. The van der Waals surface area contributed by atoms with Gasteiger partial charge < -0.3 is 43.7 Å². The Morgan fingerprint density at radius 3 is 1.24 bits per heavy atom. The number of carboxylic acids is 1. The van der Waals surface area contributed by atoms with E-state index in [2.05, 4.69) is 10.2 Å². The molecule has 2 amide bonds. The largest absolute Gasteiger partial charge is 0.481 e. The number of carboxylic acid groups (broad SMARTS) is 1. The van der Waals surface area contributed by atoms with Gasteiger partial charge >= 0.3 is 5.97 Å². The number of carbonyl (C=O) groups excluding carboxylic acids is 3. The number of hydrogen-bond acceptors (Lipinski definition) is 11. The summed E-state index contributed by atoms with van der Waals surface area (Å²) in [4.78, 5) is 51.2. The number of amides is 2. The third-order valence-corrected chi connectivity index (χ3v) is 10.2. The minimum absolute atomic E-state index is 0.0276. The molecule has 0 aromatic rings. The number of Topliss-reactive ketones (excluding diaryl/α,β-unsaturated/α-hetero) is 1. The van der Waals surface area contributed by atoms with Crippen LogP contribution in [0.4, 0.5) is 0 Å². The molecule has 1 aliphatic rings. The first-order chi connectivity index (χ1) is 28.3. The van der Waals surface area contributed by atoms with Crippen LogP contribution in [0, 0.1) is 5.92 Å². The molecule has 58 heavy (non-hydrogen) atoms. The first-order valence-corrected chi connectivity index (χ1v) is 22.8. The molecule has 1 heterocycles. The molecular weight excluding hydrogens is 746 g/mol. The fourth-order valence-corrected chi connectivity index (χ4v) is 6.53. The Bertz CT molecular complexity index is 996. The summed E-state index contributed by atoms with van der Waals surface area (Å²) in [7, 11) is 0. The molecule has 0 bridgehead atoms. The maximum atomic E-state index is 12.7. The van der Waals surface area contributed by atoms with Crippen LogP contribution in [0.25, 0.3) is 0 Å². The van der Waals surface area contributed by atoms with Gasteiger partial charge in [-0.2, -0.15) is 0 Å². The van der Waals surface area contributed by atoms with Gasteiger partial charge in [-0.15, -0.1) is 0 Å². The van der Waals surface area contributed by atoms with E-state index in [9.17, 15) is 19.2 Å². The lowest BCUT2D eigenvalue weighted by Gasteiger charge is -2.34. The number of rotatable bonds is 43. The van der Waals surface area contributed by atoms with Crippen LogP contribution in [-0.4, -0.2) is 157 Å². The molecule has 2 N–H and O–H groups in total. The minimum Gasteiger partial charge on any atom is -0.481 e. The molecule has 14 heteroatoms. The predicted molar refractivity (Wildman–Crippen MR) is 226 cm³/mol. The van der Waals surface area contributed by atoms with Crippen LogP contribution >= 0.6 is 0 Å². The maximum Gasteiger partial charge on any atom is 0.303 e. The summed E-state index contributed by atoms with van der Waals surface area (Å²) < 4.78 is 32.9. The van der Waals surface area contributed by atoms with Crippen LogP contribution in [0.3, 0.4) is 0 Å². The summed E-state index contributed by atoms with van der Waals surface area (Å²) >= 11 is 0. The molecule has 0 radical (unpaired) electrons. The topological polar surface area (TPSA) is 162 Å². The quantitative estimate of drug-likeness (QED) is 0.0684. The van der Waals surface area contributed by atoms with Crippen LogP contribution in [0.2, 0.25) is 0 Å². The molecule has 0 aromatic heterocycles. The maximum absolute atomic E-state index is 12.7. The number of piperazine rings is 1. The number of carbonyl (C=O) groups is 4. The van der Waals surface area contributed by atoms with Crippen molar-refractivity contribution in [3.8, 4) is 0 Å². The number of hydrogen-bond donors (Lipinski definition) is 2. The Hall–Kier alpha value is -2.20. The Morgan fingerprint density at radius 1 is 0.483 bits per heavy atom. The van der Waals surface area contributed by atoms with Gasteiger partial charge in [0, 0.05) is 57.9 Å². The zero-order chi connectivity index (χ0) is 42.2. The number of ether oxygens (including phenoxy) is 6. The highest BCUT2D eigenvalue weighted by atomic mass is 16.6. The third-order valence-electron chi connectivity index (χ3n) is 10.2. The fraction of sp³-hybridized carbons (Fsp3) is 0.909. The molecule has 0 unspecified atom stereocenters. The van der Waals surface area contributed by atoms with E-state index in [-0.39, 0.29) is 23.5 Å². The van der Waals surface area contributed by atoms with Crippen molar-refractivity contribution in [3.05, 3.63) is 0 Å². The van der Waals surface area contributed by atoms with Crippen molar-refractivity contribution in [1.82, 2.24) is 15.1 Å². The average Bonchev–Trinajstić information content (AvgIpc) is 3.20. The SMILES string of the molecule is CC(C)C(=O)CCOCCOCCOCCOCCOCCOCCNC(=O)CN1CCN(C(=O)CCCCCCCCCCCCCCCCCCC(=O)O)CC1. The number of ketones is 1. The van der Waals surface area contributed by atoms with Gasteiger partial charge in [0.25, 0.3) is 0 Å². The smallest absolute Gasteiger partial charge is 0.303 e. The van der Waals surface area contributed by atoms with Gasteiger partial charge in [0.15, 0.2) is 0 Å². The van der Waals surface area contributed by atoms with Crippen molar-refractivity contribution in [2.75, 3.05) is 119 Å². The van der Waals surface area contributed by atoms with Gasteiger partial charge in [-0.25, -0.2) is 0 Å². The van der Waals surface area contributed by atoms with Crippen molar-refractivity contribution in [2.45, 2.75) is 136 Å². The van der Waals surface area contributed by atoms with Crippen LogP contribution in [0.5, 0.6) is 0 Å². The Kier molecular flexibility index (Phi) is 37.3. The molecule has 1 saturated heterocycles. The summed E-state index contributed by atoms with van der Waals surface area (Å²) in [6.07, 6.45) is 20.7. The van der Waals surface area contributed by atoms with Gasteiger partial charge in [0.2, 0.25) is 11.8 Å². The molecule has 14 nitrogen and oxygen atoms in total. The molecule has 1 rings (SSSR count). The highest BCUT2D eigenvalue weighted by Gasteiger charge is 2.22. The third kappa shape index (κ3) is 35.7.